The van der Waals surface area contributed by atoms with E-state index < -0.39 is 12.0 Å². The fourth-order valence-electron chi connectivity index (χ4n) is 2.64. The van der Waals surface area contributed by atoms with Gasteiger partial charge in [-0.25, -0.2) is 4.98 Å². The van der Waals surface area contributed by atoms with E-state index in [1.165, 1.54) is 6.07 Å². The van der Waals surface area contributed by atoms with E-state index in [0.717, 1.165) is 13.0 Å². The van der Waals surface area contributed by atoms with Crippen LogP contribution in [0.2, 0.25) is 15.1 Å². The Balaban J connectivity index is 1.85. The lowest BCUT2D eigenvalue weighted by Gasteiger charge is -2.25. The molecule has 0 amide bonds. The predicted molar refractivity (Wildman–Crippen MR) is 98.8 cm³/mol. The number of halogens is 6. The molecule has 0 saturated heterocycles. The first kappa shape index (κ1) is 20.2. The molecule has 0 spiro atoms. The van der Waals surface area contributed by atoms with Gasteiger partial charge in [0.1, 0.15) is 17.6 Å². The number of fused-ring (bicyclic) bond motifs is 1. The molecule has 1 aliphatic rings. The van der Waals surface area contributed by atoms with Crippen LogP contribution in [0.4, 0.5) is 13.2 Å². The van der Waals surface area contributed by atoms with Gasteiger partial charge >= 0.3 is 6.18 Å². The van der Waals surface area contributed by atoms with Gasteiger partial charge in [0, 0.05) is 20.1 Å². The SMILES string of the molecule is CN1CCCN=C1NCCOn1c(C(F)(F)F)nc2c(Cl)cc(Cl)c(Cl)c21. The van der Waals surface area contributed by atoms with Crippen molar-refractivity contribution < 1.29 is 18.0 Å². The first-order valence-electron chi connectivity index (χ1n) is 7.96. The minimum absolute atomic E-state index is 0.00366. The summed E-state index contributed by atoms with van der Waals surface area (Å²) in [5.74, 6) is -0.601. The number of benzene rings is 1. The lowest BCUT2D eigenvalue weighted by molar-refractivity contribution is -0.154. The van der Waals surface area contributed by atoms with E-state index in [0.29, 0.717) is 17.2 Å². The Kier molecular flexibility index (Phi) is 5.83. The highest BCUT2D eigenvalue weighted by Crippen LogP contribution is 2.39. The van der Waals surface area contributed by atoms with Crippen LogP contribution in [0.25, 0.3) is 11.0 Å². The Hall–Kier alpha value is -1.58. The Morgan fingerprint density at radius 3 is 2.67 bits per heavy atom. The average molecular weight is 445 g/mol. The molecule has 2 aromatic rings. The summed E-state index contributed by atoms with van der Waals surface area (Å²) in [5, 5.41) is 2.86. The molecule has 0 saturated carbocycles. The van der Waals surface area contributed by atoms with Gasteiger partial charge in [-0.05, 0) is 12.5 Å². The van der Waals surface area contributed by atoms with Crippen molar-refractivity contribution in [3.05, 3.63) is 27.0 Å². The second-order valence-electron chi connectivity index (χ2n) is 5.82. The molecule has 1 aliphatic heterocycles. The fourth-order valence-corrected chi connectivity index (χ4v) is 3.35. The van der Waals surface area contributed by atoms with Crippen LogP contribution < -0.4 is 10.2 Å². The van der Waals surface area contributed by atoms with Gasteiger partial charge in [-0.3, -0.25) is 4.99 Å². The monoisotopic (exact) mass is 443 g/mol. The number of guanidine groups is 1. The molecule has 27 heavy (non-hydrogen) atoms. The maximum atomic E-state index is 13.4. The summed E-state index contributed by atoms with van der Waals surface area (Å²) in [7, 11) is 1.88. The number of rotatable bonds is 4. The van der Waals surface area contributed by atoms with Gasteiger partial charge in [-0.1, -0.05) is 34.8 Å². The normalized spacial score (nSPS) is 15.2. The Labute approximate surface area is 167 Å². The zero-order valence-corrected chi connectivity index (χ0v) is 16.3. The van der Waals surface area contributed by atoms with Crippen LogP contribution in [0.1, 0.15) is 12.2 Å². The van der Waals surface area contributed by atoms with Crippen LogP contribution >= 0.6 is 34.8 Å². The lowest BCUT2D eigenvalue weighted by atomic mass is 10.3. The maximum Gasteiger partial charge on any atom is 0.453 e. The van der Waals surface area contributed by atoms with E-state index in [-0.39, 0.29) is 39.3 Å². The van der Waals surface area contributed by atoms with Crippen LogP contribution in [0, 0.1) is 0 Å². The number of nitrogens with zero attached hydrogens (tertiary/aromatic N) is 4. The summed E-state index contributed by atoms with van der Waals surface area (Å²) in [4.78, 5) is 15.1. The van der Waals surface area contributed by atoms with E-state index in [4.69, 9.17) is 39.6 Å². The number of hydrogen-bond acceptors (Lipinski definition) is 5. The van der Waals surface area contributed by atoms with E-state index in [9.17, 15) is 13.2 Å². The number of hydrogen-bond donors (Lipinski definition) is 1. The highest BCUT2D eigenvalue weighted by Gasteiger charge is 2.40. The number of nitrogens with one attached hydrogen (secondary N) is 1. The van der Waals surface area contributed by atoms with E-state index in [1.807, 2.05) is 11.9 Å². The van der Waals surface area contributed by atoms with Crippen molar-refractivity contribution in [2.45, 2.75) is 12.6 Å². The third kappa shape index (κ3) is 4.14. The summed E-state index contributed by atoms with van der Waals surface area (Å²) in [6.07, 6.45) is -3.81. The van der Waals surface area contributed by atoms with Gasteiger partial charge < -0.3 is 15.1 Å². The topological polar surface area (TPSA) is 54.7 Å². The molecule has 0 atom stereocenters. The molecule has 0 aliphatic carbocycles. The zero-order valence-electron chi connectivity index (χ0n) is 14.1. The smallest absolute Gasteiger partial charge is 0.410 e. The fraction of sp³-hybridized carbons (Fsp3) is 0.467. The Bertz CT molecular complexity index is 884. The molecular weight excluding hydrogens is 430 g/mol. The van der Waals surface area contributed by atoms with Crippen molar-refractivity contribution in [2.24, 2.45) is 4.99 Å². The molecule has 0 fully saturated rings. The minimum atomic E-state index is -4.76. The van der Waals surface area contributed by atoms with Crippen molar-refractivity contribution in [1.29, 1.82) is 0 Å². The van der Waals surface area contributed by atoms with Crippen LogP contribution in [0.5, 0.6) is 0 Å². The van der Waals surface area contributed by atoms with Crippen molar-refractivity contribution in [3.63, 3.8) is 0 Å². The van der Waals surface area contributed by atoms with Gasteiger partial charge in [0.05, 0.1) is 21.6 Å². The molecule has 0 bridgehead atoms. The zero-order chi connectivity index (χ0) is 19.8. The highest BCUT2D eigenvalue weighted by molar-refractivity contribution is 6.47. The molecular formula is C15H15Cl3F3N5O. The molecule has 1 N–H and O–H groups in total. The molecule has 148 valence electrons. The number of aromatic nitrogens is 2. The van der Waals surface area contributed by atoms with Gasteiger partial charge in [0.25, 0.3) is 5.82 Å². The van der Waals surface area contributed by atoms with Gasteiger partial charge in [0.2, 0.25) is 0 Å². The number of aliphatic imine (C=N–C) groups is 1. The Morgan fingerprint density at radius 1 is 1.26 bits per heavy atom. The van der Waals surface area contributed by atoms with Crippen molar-refractivity contribution in [3.8, 4) is 0 Å². The molecule has 3 rings (SSSR count). The lowest BCUT2D eigenvalue weighted by Crippen LogP contribution is -2.44. The van der Waals surface area contributed by atoms with Crippen LogP contribution in [0.15, 0.2) is 11.1 Å². The predicted octanol–water partition coefficient (Wildman–Crippen LogP) is 3.73. The largest absolute Gasteiger partial charge is 0.453 e. The molecule has 1 aromatic carbocycles. The van der Waals surface area contributed by atoms with Crippen LogP contribution in [0.3, 0.4) is 0 Å². The van der Waals surface area contributed by atoms with E-state index >= 15 is 0 Å². The van der Waals surface area contributed by atoms with Crippen LogP contribution in [-0.2, 0) is 6.18 Å². The summed E-state index contributed by atoms with van der Waals surface area (Å²) in [6.45, 7) is 1.68. The van der Waals surface area contributed by atoms with Gasteiger partial charge in [-0.15, -0.1) is 0 Å². The second kappa shape index (κ2) is 7.81. The molecule has 0 unspecified atom stereocenters. The van der Waals surface area contributed by atoms with Gasteiger partial charge in [0.15, 0.2) is 5.96 Å². The number of alkyl halides is 3. The molecule has 1 aromatic heterocycles. The quantitative estimate of drug-likeness (QED) is 0.577. The summed E-state index contributed by atoms with van der Waals surface area (Å²) >= 11 is 18.0. The number of imidazole rings is 1. The van der Waals surface area contributed by atoms with E-state index in [2.05, 4.69) is 15.3 Å². The molecule has 2 heterocycles. The minimum Gasteiger partial charge on any atom is -0.410 e. The van der Waals surface area contributed by atoms with Crippen molar-refractivity contribution in [1.82, 2.24) is 19.9 Å². The first-order chi connectivity index (χ1) is 12.7. The Morgan fingerprint density at radius 2 is 2.00 bits per heavy atom. The van der Waals surface area contributed by atoms with Gasteiger partial charge in [-0.2, -0.15) is 17.9 Å². The highest BCUT2D eigenvalue weighted by atomic mass is 35.5. The molecule has 12 heteroatoms. The third-order valence-corrected chi connectivity index (χ3v) is 4.93. The third-order valence-electron chi connectivity index (χ3n) is 3.87. The van der Waals surface area contributed by atoms with E-state index in [1.54, 1.807) is 0 Å². The standard InChI is InChI=1S/C15H15Cl3F3N5O/c1-25-5-2-3-22-14(25)23-4-6-27-26-12-10(18)8(16)7-9(17)11(12)24-13(26)15(19,20)21/h7H,2-6H2,1H3,(H,22,23). The summed E-state index contributed by atoms with van der Waals surface area (Å²) in [5.41, 5.74) is -0.267. The first-order valence-corrected chi connectivity index (χ1v) is 9.09. The summed E-state index contributed by atoms with van der Waals surface area (Å²) in [6, 6.07) is 1.24. The average Bonchev–Trinajstić information content (AvgIpc) is 2.99. The van der Waals surface area contributed by atoms with Crippen LogP contribution in [-0.4, -0.2) is 53.9 Å². The molecule has 6 nitrogen and oxygen atoms in total. The maximum absolute atomic E-state index is 13.4. The summed E-state index contributed by atoms with van der Waals surface area (Å²) < 4.78 is 40.7. The van der Waals surface area contributed by atoms with Crippen molar-refractivity contribution >= 4 is 51.8 Å². The molecule has 0 radical (unpaired) electrons. The van der Waals surface area contributed by atoms with Crippen molar-refractivity contribution in [2.75, 3.05) is 33.3 Å². The second-order valence-corrected chi connectivity index (χ2v) is 7.01.